The van der Waals surface area contributed by atoms with Crippen LogP contribution in [0.15, 0.2) is 41.7 Å². The van der Waals surface area contributed by atoms with Crippen LogP contribution in [0.2, 0.25) is 0 Å². The number of nitrogens with one attached hydrogen (secondary N) is 1. The zero-order valence-electron chi connectivity index (χ0n) is 10.1. The molecular weight excluding hydrogens is 250 g/mol. The van der Waals surface area contributed by atoms with E-state index >= 15 is 0 Å². The van der Waals surface area contributed by atoms with E-state index in [-0.39, 0.29) is 10.7 Å². The summed E-state index contributed by atoms with van der Waals surface area (Å²) in [5.74, 6) is 0.204. The van der Waals surface area contributed by atoms with Gasteiger partial charge in [-0.25, -0.2) is 13.4 Å². The minimum atomic E-state index is -3.61. The van der Waals surface area contributed by atoms with Crippen molar-refractivity contribution in [1.82, 2.24) is 9.97 Å². The summed E-state index contributed by atoms with van der Waals surface area (Å²) in [6.07, 6.45) is 4.27. The van der Waals surface area contributed by atoms with Crippen LogP contribution in [0.5, 0.6) is 0 Å². The van der Waals surface area contributed by atoms with Crippen molar-refractivity contribution in [2.45, 2.75) is 18.7 Å². The summed E-state index contributed by atoms with van der Waals surface area (Å²) in [4.78, 5) is 7.90. The second kappa shape index (κ2) is 4.73. The largest absolute Gasteiger partial charge is 0.263 e. The number of anilines is 1. The lowest BCUT2D eigenvalue weighted by Gasteiger charge is -2.08. The van der Waals surface area contributed by atoms with Gasteiger partial charge in [-0.3, -0.25) is 9.71 Å². The maximum Gasteiger partial charge on any atom is 0.263 e. The SMILES string of the molecule is Cc1ccc(S(=O)(=O)Nc2cnccn2)cc1C. The number of rotatable bonds is 3. The second-order valence-corrected chi connectivity index (χ2v) is 5.62. The van der Waals surface area contributed by atoms with Gasteiger partial charge in [-0.15, -0.1) is 0 Å². The van der Waals surface area contributed by atoms with Crippen LogP contribution in [0.1, 0.15) is 11.1 Å². The van der Waals surface area contributed by atoms with E-state index in [9.17, 15) is 8.42 Å². The van der Waals surface area contributed by atoms with E-state index in [0.29, 0.717) is 0 Å². The molecule has 0 aliphatic heterocycles. The Bertz CT molecular complexity index is 654. The van der Waals surface area contributed by atoms with Gasteiger partial charge in [0.1, 0.15) is 0 Å². The van der Waals surface area contributed by atoms with Crippen LogP contribution >= 0.6 is 0 Å². The van der Waals surface area contributed by atoms with Crippen LogP contribution in [-0.4, -0.2) is 18.4 Å². The fraction of sp³-hybridized carbons (Fsp3) is 0.167. The predicted molar refractivity (Wildman–Crippen MR) is 68.8 cm³/mol. The lowest BCUT2D eigenvalue weighted by molar-refractivity contribution is 0.601. The van der Waals surface area contributed by atoms with E-state index in [2.05, 4.69) is 14.7 Å². The lowest BCUT2D eigenvalue weighted by atomic mass is 10.1. The number of hydrogen-bond donors (Lipinski definition) is 1. The summed E-state index contributed by atoms with van der Waals surface area (Å²) in [6.45, 7) is 3.80. The van der Waals surface area contributed by atoms with E-state index in [4.69, 9.17) is 0 Å². The highest BCUT2D eigenvalue weighted by Gasteiger charge is 2.15. The van der Waals surface area contributed by atoms with Gasteiger partial charge < -0.3 is 0 Å². The summed E-state index contributed by atoms with van der Waals surface area (Å²) in [5.41, 5.74) is 1.98. The molecule has 0 unspecified atom stereocenters. The molecule has 18 heavy (non-hydrogen) atoms. The number of hydrogen-bond acceptors (Lipinski definition) is 4. The highest BCUT2D eigenvalue weighted by atomic mass is 32.2. The molecule has 1 aromatic heterocycles. The van der Waals surface area contributed by atoms with Crippen molar-refractivity contribution in [1.29, 1.82) is 0 Å². The number of aromatic nitrogens is 2. The van der Waals surface area contributed by atoms with Crippen molar-refractivity contribution in [3.63, 3.8) is 0 Å². The maximum atomic E-state index is 12.1. The fourth-order valence-electron chi connectivity index (χ4n) is 1.43. The zero-order chi connectivity index (χ0) is 13.2. The molecule has 6 heteroatoms. The molecule has 94 valence electrons. The standard InChI is InChI=1S/C12H13N3O2S/c1-9-3-4-11(7-10(9)2)18(16,17)15-12-8-13-5-6-14-12/h3-8H,1-2H3,(H,14,15). The molecule has 0 amide bonds. The van der Waals surface area contributed by atoms with E-state index < -0.39 is 10.0 Å². The minimum Gasteiger partial charge on any atom is -0.262 e. The van der Waals surface area contributed by atoms with E-state index in [1.807, 2.05) is 13.8 Å². The third-order valence-corrected chi connectivity index (χ3v) is 3.94. The number of benzene rings is 1. The Hall–Kier alpha value is -1.95. The Morgan fingerprint density at radius 1 is 1.11 bits per heavy atom. The van der Waals surface area contributed by atoms with Crippen molar-refractivity contribution in [2.75, 3.05) is 4.72 Å². The third kappa shape index (κ3) is 2.65. The molecule has 0 fully saturated rings. The van der Waals surface area contributed by atoms with Crippen molar-refractivity contribution in [2.24, 2.45) is 0 Å². The minimum absolute atomic E-state index is 0.204. The molecular formula is C12H13N3O2S. The fourth-order valence-corrected chi connectivity index (χ4v) is 2.51. The molecule has 0 spiro atoms. The Morgan fingerprint density at radius 3 is 2.50 bits per heavy atom. The molecule has 0 aliphatic rings. The Kier molecular flexibility index (Phi) is 3.29. The van der Waals surface area contributed by atoms with E-state index in [1.54, 1.807) is 18.2 Å². The molecule has 0 atom stereocenters. The van der Waals surface area contributed by atoms with E-state index in [1.165, 1.54) is 18.6 Å². The van der Waals surface area contributed by atoms with Crippen LogP contribution in [0.3, 0.4) is 0 Å². The van der Waals surface area contributed by atoms with Crippen LogP contribution in [-0.2, 0) is 10.0 Å². The Labute approximate surface area is 106 Å². The van der Waals surface area contributed by atoms with Crippen molar-refractivity contribution in [3.05, 3.63) is 47.9 Å². The molecule has 0 aliphatic carbocycles. The highest BCUT2D eigenvalue weighted by molar-refractivity contribution is 7.92. The summed E-state index contributed by atoms with van der Waals surface area (Å²) in [6, 6.07) is 4.98. The van der Waals surface area contributed by atoms with E-state index in [0.717, 1.165) is 11.1 Å². The first kappa shape index (κ1) is 12.5. The van der Waals surface area contributed by atoms with Gasteiger partial charge in [0, 0.05) is 12.4 Å². The van der Waals surface area contributed by atoms with Gasteiger partial charge in [0.2, 0.25) is 0 Å². The van der Waals surface area contributed by atoms with Gasteiger partial charge in [0.25, 0.3) is 10.0 Å². The second-order valence-electron chi connectivity index (χ2n) is 3.94. The first-order valence-corrected chi connectivity index (χ1v) is 6.83. The molecule has 1 heterocycles. The van der Waals surface area contributed by atoms with Gasteiger partial charge in [-0.05, 0) is 37.1 Å². The van der Waals surface area contributed by atoms with Crippen LogP contribution < -0.4 is 4.72 Å². The molecule has 5 nitrogen and oxygen atoms in total. The molecule has 2 rings (SSSR count). The molecule has 1 N–H and O–H groups in total. The van der Waals surface area contributed by atoms with Gasteiger partial charge in [-0.2, -0.15) is 0 Å². The normalized spacial score (nSPS) is 11.2. The first-order chi connectivity index (χ1) is 8.49. The lowest BCUT2D eigenvalue weighted by Crippen LogP contribution is -2.14. The first-order valence-electron chi connectivity index (χ1n) is 5.35. The van der Waals surface area contributed by atoms with Crippen LogP contribution in [0, 0.1) is 13.8 Å². The molecule has 0 radical (unpaired) electrons. The average molecular weight is 263 g/mol. The van der Waals surface area contributed by atoms with Gasteiger partial charge in [0.05, 0.1) is 11.1 Å². The predicted octanol–water partition coefficient (Wildman–Crippen LogP) is 1.89. The Morgan fingerprint density at radius 2 is 1.89 bits per heavy atom. The topological polar surface area (TPSA) is 72.0 Å². The van der Waals surface area contributed by atoms with Crippen LogP contribution in [0.4, 0.5) is 5.82 Å². The third-order valence-electron chi connectivity index (χ3n) is 2.59. The average Bonchev–Trinajstić information content (AvgIpc) is 2.33. The van der Waals surface area contributed by atoms with Crippen LogP contribution in [0.25, 0.3) is 0 Å². The quantitative estimate of drug-likeness (QED) is 0.918. The molecule has 0 saturated carbocycles. The van der Waals surface area contributed by atoms with Gasteiger partial charge >= 0.3 is 0 Å². The number of aryl methyl sites for hydroxylation is 2. The summed E-state index contributed by atoms with van der Waals surface area (Å²) < 4.78 is 26.6. The summed E-state index contributed by atoms with van der Waals surface area (Å²) in [7, 11) is -3.61. The Balaban J connectivity index is 2.34. The van der Waals surface area contributed by atoms with Crippen molar-refractivity contribution in [3.8, 4) is 0 Å². The van der Waals surface area contributed by atoms with Gasteiger partial charge in [-0.1, -0.05) is 6.07 Å². The smallest absolute Gasteiger partial charge is 0.262 e. The highest BCUT2D eigenvalue weighted by Crippen LogP contribution is 2.17. The number of sulfonamides is 1. The van der Waals surface area contributed by atoms with Crippen molar-refractivity contribution < 1.29 is 8.42 Å². The monoisotopic (exact) mass is 263 g/mol. The summed E-state index contributed by atoms with van der Waals surface area (Å²) >= 11 is 0. The molecule has 0 saturated heterocycles. The van der Waals surface area contributed by atoms with Crippen molar-refractivity contribution >= 4 is 15.8 Å². The maximum absolute atomic E-state index is 12.1. The molecule has 1 aromatic carbocycles. The molecule has 0 bridgehead atoms. The number of nitrogens with zero attached hydrogens (tertiary/aromatic N) is 2. The molecule has 2 aromatic rings. The van der Waals surface area contributed by atoms with Gasteiger partial charge in [0.15, 0.2) is 5.82 Å². The zero-order valence-corrected chi connectivity index (χ0v) is 10.9. The summed E-state index contributed by atoms with van der Waals surface area (Å²) in [5, 5.41) is 0.